The zero-order valence-corrected chi connectivity index (χ0v) is 26.9. The number of carboxylic acids is 1. The summed E-state index contributed by atoms with van der Waals surface area (Å²) in [6, 6.07) is 16.6. The van der Waals surface area contributed by atoms with Crippen LogP contribution in [0.25, 0.3) is 11.3 Å². The lowest BCUT2D eigenvalue weighted by Gasteiger charge is -2.33. The summed E-state index contributed by atoms with van der Waals surface area (Å²) in [6.07, 6.45) is 2.67. The van der Waals surface area contributed by atoms with Crippen LogP contribution in [0.1, 0.15) is 48.4 Å². The van der Waals surface area contributed by atoms with Crippen molar-refractivity contribution in [2.24, 2.45) is 5.41 Å². The quantitative estimate of drug-likeness (QED) is 0.329. The van der Waals surface area contributed by atoms with Gasteiger partial charge < -0.3 is 29.0 Å². The van der Waals surface area contributed by atoms with Crippen molar-refractivity contribution in [2.45, 2.75) is 65.3 Å². The Labute approximate surface area is 266 Å². The lowest BCUT2D eigenvalue weighted by molar-refractivity contribution is -0.148. The van der Waals surface area contributed by atoms with Crippen LogP contribution >= 0.6 is 0 Å². The summed E-state index contributed by atoms with van der Waals surface area (Å²) in [5.41, 5.74) is 5.32. The second kappa shape index (κ2) is 13.4. The maximum Gasteiger partial charge on any atom is 0.311 e. The number of aliphatic carboxylic acids is 1. The molecular weight excluding hydrogens is 570 g/mol. The fourth-order valence-electron chi connectivity index (χ4n) is 7.10. The number of benzene rings is 2. The van der Waals surface area contributed by atoms with Gasteiger partial charge in [0.05, 0.1) is 23.8 Å². The molecule has 2 atom stereocenters. The third-order valence-corrected chi connectivity index (χ3v) is 9.89. The lowest BCUT2D eigenvalue weighted by Crippen LogP contribution is -2.46. The first-order chi connectivity index (χ1) is 21.8. The molecule has 3 aliphatic rings. The highest BCUT2D eigenvalue weighted by atomic mass is 16.5. The number of rotatable bonds is 9. The summed E-state index contributed by atoms with van der Waals surface area (Å²) < 4.78 is 23.9. The second-order valence-electron chi connectivity index (χ2n) is 12.8. The van der Waals surface area contributed by atoms with Crippen molar-refractivity contribution in [1.82, 2.24) is 9.88 Å². The van der Waals surface area contributed by atoms with Gasteiger partial charge >= 0.3 is 5.97 Å². The number of fused-ring (bicyclic) bond motifs is 1. The van der Waals surface area contributed by atoms with Gasteiger partial charge in [-0.3, -0.25) is 9.69 Å². The Morgan fingerprint density at radius 2 is 1.87 bits per heavy atom. The van der Waals surface area contributed by atoms with Crippen molar-refractivity contribution < 1.29 is 28.8 Å². The number of methoxy groups -OCH3 is 1. The van der Waals surface area contributed by atoms with Gasteiger partial charge in [0.1, 0.15) is 30.5 Å². The number of carbonyl (C=O) groups is 1. The molecule has 0 saturated carbocycles. The van der Waals surface area contributed by atoms with Crippen LogP contribution in [0, 0.1) is 19.3 Å². The van der Waals surface area contributed by atoms with Crippen LogP contribution in [0.5, 0.6) is 11.5 Å². The van der Waals surface area contributed by atoms with E-state index in [0.29, 0.717) is 38.8 Å². The first-order valence-electron chi connectivity index (χ1n) is 16.0. The van der Waals surface area contributed by atoms with Gasteiger partial charge in [0.15, 0.2) is 0 Å². The van der Waals surface area contributed by atoms with Gasteiger partial charge in [-0.05, 0) is 81.0 Å². The second-order valence-corrected chi connectivity index (χ2v) is 12.8. The fourth-order valence-corrected chi connectivity index (χ4v) is 7.10. The van der Waals surface area contributed by atoms with E-state index in [1.807, 2.05) is 43.3 Å². The Hall–Kier alpha value is -3.66. The highest BCUT2D eigenvalue weighted by Gasteiger charge is 2.50. The molecule has 9 nitrogen and oxygen atoms in total. The van der Waals surface area contributed by atoms with Crippen molar-refractivity contribution in [3.63, 3.8) is 0 Å². The zero-order chi connectivity index (χ0) is 31.6. The Morgan fingerprint density at radius 3 is 2.64 bits per heavy atom. The van der Waals surface area contributed by atoms with E-state index in [1.165, 1.54) is 11.1 Å². The molecule has 4 heterocycles. The van der Waals surface area contributed by atoms with Gasteiger partial charge in [-0.15, -0.1) is 0 Å². The first-order valence-corrected chi connectivity index (χ1v) is 16.0. The summed E-state index contributed by atoms with van der Waals surface area (Å²) >= 11 is 0. The van der Waals surface area contributed by atoms with E-state index in [-0.39, 0.29) is 6.04 Å². The van der Waals surface area contributed by atoms with E-state index < -0.39 is 11.4 Å². The average Bonchev–Trinajstić information content (AvgIpc) is 3.23. The number of ether oxygens (including phenoxy) is 4. The van der Waals surface area contributed by atoms with Crippen LogP contribution in [0.15, 0.2) is 48.5 Å². The van der Waals surface area contributed by atoms with E-state index in [1.54, 1.807) is 14.0 Å². The molecule has 0 aliphatic carbocycles. The molecule has 1 N–H and O–H groups in total. The molecule has 3 aliphatic heterocycles. The highest BCUT2D eigenvalue weighted by Crippen LogP contribution is 2.41. The summed E-state index contributed by atoms with van der Waals surface area (Å²) in [4.78, 5) is 21.9. The lowest BCUT2D eigenvalue weighted by atomic mass is 9.83. The van der Waals surface area contributed by atoms with Gasteiger partial charge in [0, 0.05) is 57.1 Å². The van der Waals surface area contributed by atoms with Crippen LogP contribution in [0.2, 0.25) is 0 Å². The van der Waals surface area contributed by atoms with E-state index >= 15 is 0 Å². The number of pyridine rings is 1. The summed E-state index contributed by atoms with van der Waals surface area (Å²) in [5.74, 6) is 1.66. The molecule has 3 aromatic rings. The number of hydrogen-bond acceptors (Lipinski definition) is 8. The van der Waals surface area contributed by atoms with Gasteiger partial charge in [-0.1, -0.05) is 24.3 Å². The number of aryl methyl sites for hydroxylation is 2. The number of aromatic nitrogens is 1. The van der Waals surface area contributed by atoms with Crippen molar-refractivity contribution in [1.29, 1.82) is 0 Å². The molecule has 2 saturated heterocycles. The number of anilines is 1. The highest BCUT2D eigenvalue weighted by molar-refractivity contribution is 5.77. The largest absolute Gasteiger partial charge is 0.492 e. The van der Waals surface area contributed by atoms with E-state index in [4.69, 9.17) is 23.9 Å². The van der Waals surface area contributed by atoms with Crippen LogP contribution in [-0.4, -0.2) is 79.7 Å². The molecule has 0 amide bonds. The monoisotopic (exact) mass is 615 g/mol. The predicted molar refractivity (Wildman–Crippen MR) is 173 cm³/mol. The van der Waals surface area contributed by atoms with Crippen molar-refractivity contribution >= 4 is 11.8 Å². The summed E-state index contributed by atoms with van der Waals surface area (Å²) in [7, 11) is 1.61. The maximum absolute atomic E-state index is 12.2. The summed E-state index contributed by atoms with van der Waals surface area (Å²) in [6.45, 7) is 11.5. The molecule has 0 radical (unpaired) electrons. The molecular formula is C36H45N3O6. The van der Waals surface area contributed by atoms with E-state index in [2.05, 4.69) is 28.9 Å². The maximum atomic E-state index is 12.2. The molecule has 0 bridgehead atoms. The Balaban J connectivity index is 1.23. The average molecular weight is 616 g/mol. The molecule has 0 unspecified atom stereocenters. The Bertz CT molecular complexity index is 1520. The van der Waals surface area contributed by atoms with Crippen LogP contribution < -0.4 is 14.4 Å². The SMILES string of the molecule is COC[C@H]1N(c2cccc(-c3cccc(C)c3OCc3cc(C)c4c(c3)OCCN(C3CCOCC3)C4)n2)CC[C@@]1(C)C(=O)O. The van der Waals surface area contributed by atoms with Crippen LogP contribution in [0.3, 0.4) is 0 Å². The Morgan fingerprint density at radius 1 is 1.07 bits per heavy atom. The minimum atomic E-state index is -0.913. The number of carboxylic acid groups (broad SMARTS) is 1. The molecule has 6 rings (SSSR count). The molecule has 9 heteroatoms. The summed E-state index contributed by atoms with van der Waals surface area (Å²) in [5, 5.41) is 10.0. The third-order valence-electron chi connectivity index (χ3n) is 9.89. The van der Waals surface area contributed by atoms with Crippen LogP contribution in [0.4, 0.5) is 5.82 Å². The van der Waals surface area contributed by atoms with Crippen molar-refractivity contribution in [2.75, 3.05) is 51.5 Å². The van der Waals surface area contributed by atoms with Gasteiger partial charge in [-0.2, -0.15) is 0 Å². The molecule has 2 fully saturated rings. The smallest absolute Gasteiger partial charge is 0.311 e. The molecule has 45 heavy (non-hydrogen) atoms. The number of hydrogen-bond donors (Lipinski definition) is 1. The molecule has 0 spiro atoms. The third kappa shape index (κ3) is 6.39. The normalized spacial score (nSPS) is 22.5. The van der Waals surface area contributed by atoms with Gasteiger partial charge in [-0.25, -0.2) is 4.98 Å². The zero-order valence-electron chi connectivity index (χ0n) is 26.9. The Kier molecular flexibility index (Phi) is 9.31. The van der Waals surface area contributed by atoms with Gasteiger partial charge in [0.2, 0.25) is 0 Å². The van der Waals surface area contributed by atoms with Crippen molar-refractivity contribution in [3.8, 4) is 22.8 Å². The minimum absolute atomic E-state index is 0.311. The number of nitrogens with zero attached hydrogens (tertiary/aromatic N) is 3. The first kappa shape index (κ1) is 31.3. The minimum Gasteiger partial charge on any atom is -0.492 e. The van der Waals surface area contributed by atoms with Crippen LogP contribution in [-0.2, 0) is 27.4 Å². The van der Waals surface area contributed by atoms with E-state index in [0.717, 1.165) is 78.8 Å². The standard InChI is InChI=1S/C36H45N3O6/c1-24-7-5-8-28(30-9-6-10-33(37-30)39-14-13-36(3,35(40)41)32(39)23-42-4)34(24)45-22-26-19-25(2)29-21-38(15-18-44-31(29)20-26)27-11-16-43-17-12-27/h5-10,19-20,27,32H,11-18,21-23H2,1-4H3,(H,40,41)/t32-,36-/m1/s1. The van der Waals surface area contributed by atoms with Gasteiger partial charge in [0.25, 0.3) is 0 Å². The van der Waals surface area contributed by atoms with E-state index in [9.17, 15) is 9.90 Å². The molecule has 2 aromatic carbocycles. The molecule has 1 aromatic heterocycles. The predicted octanol–water partition coefficient (Wildman–Crippen LogP) is 5.63. The number of para-hydroxylation sites is 1. The van der Waals surface area contributed by atoms with Crippen molar-refractivity contribution in [3.05, 3.63) is 70.8 Å². The topological polar surface area (TPSA) is 93.6 Å². The molecule has 240 valence electrons. The fraction of sp³-hybridized carbons (Fsp3) is 0.500.